The Hall–Kier alpha value is -0.760. The number of hydrogen-bond acceptors (Lipinski definition) is 6. The van der Waals surface area contributed by atoms with E-state index in [4.69, 9.17) is 16.7 Å². The van der Waals surface area contributed by atoms with Gasteiger partial charge in [0.1, 0.15) is 0 Å². The zero-order valence-corrected chi connectivity index (χ0v) is 10.7. The van der Waals surface area contributed by atoms with E-state index in [1.54, 1.807) is 4.90 Å². The summed E-state index contributed by atoms with van der Waals surface area (Å²) in [6.07, 6.45) is 0. The molecule has 1 aromatic rings. The van der Waals surface area contributed by atoms with Crippen molar-refractivity contribution in [3.05, 3.63) is 9.47 Å². The molecule has 0 saturated carbocycles. The number of aliphatic hydroxyl groups is 1. The molecule has 1 saturated heterocycles. The molecule has 1 aliphatic rings. The third kappa shape index (κ3) is 3.12. The Bertz CT molecular complexity index is 392. The lowest BCUT2D eigenvalue weighted by Crippen LogP contribution is -2.49. The van der Waals surface area contributed by atoms with Crippen LogP contribution < -0.4 is 0 Å². The van der Waals surface area contributed by atoms with Crippen LogP contribution >= 0.6 is 22.9 Å². The Balaban J connectivity index is 1.90. The molecule has 1 aliphatic heterocycles. The molecule has 2 heterocycles. The van der Waals surface area contributed by atoms with E-state index in [1.165, 1.54) is 0 Å². The maximum atomic E-state index is 12.0. The van der Waals surface area contributed by atoms with Crippen LogP contribution in [0.4, 0.5) is 0 Å². The summed E-state index contributed by atoms with van der Waals surface area (Å²) >= 11 is 6.74. The predicted octanol–water partition coefficient (Wildman–Crippen LogP) is -0.0584. The van der Waals surface area contributed by atoms with E-state index in [-0.39, 0.29) is 17.0 Å². The maximum Gasteiger partial charge on any atom is 0.284 e. The first kappa shape index (κ1) is 12.7. The Labute approximate surface area is 108 Å². The SMILES string of the molecule is O=C(c1nnc(Cl)s1)N1CCN(CCO)CC1. The zero-order chi connectivity index (χ0) is 12.3. The minimum atomic E-state index is -0.113. The van der Waals surface area contributed by atoms with Crippen molar-refractivity contribution in [2.24, 2.45) is 0 Å². The molecule has 0 atom stereocenters. The van der Waals surface area contributed by atoms with Crippen LogP contribution in [0.2, 0.25) is 4.47 Å². The third-order valence-electron chi connectivity index (χ3n) is 2.66. The molecule has 6 nitrogen and oxygen atoms in total. The summed E-state index contributed by atoms with van der Waals surface area (Å²) in [6, 6.07) is 0. The second-order valence-corrected chi connectivity index (χ2v) is 5.28. The highest BCUT2D eigenvalue weighted by atomic mass is 35.5. The van der Waals surface area contributed by atoms with Crippen molar-refractivity contribution in [2.75, 3.05) is 39.3 Å². The molecule has 0 aliphatic carbocycles. The highest BCUT2D eigenvalue weighted by molar-refractivity contribution is 7.17. The van der Waals surface area contributed by atoms with Gasteiger partial charge in [0.2, 0.25) is 9.47 Å². The number of hydrogen-bond donors (Lipinski definition) is 1. The molecule has 94 valence electrons. The normalized spacial score (nSPS) is 17.4. The maximum absolute atomic E-state index is 12.0. The minimum absolute atomic E-state index is 0.113. The third-order valence-corrected chi connectivity index (χ3v) is 3.67. The van der Waals surface area contributed by atoms with Crippen molar-refractivity contribution >= 4 is 28.8 Å². The van der Waals surface area contributed by atoms with Gasteiger partial charge in [-0.05, 0) is 11.6 Å². The van der Waals surface area contributed by atoms with Crippen molar-refractivity contribution in [2.45, 2.75) is 0 Å². The van der Waals surface area contributed by atoms with Gasteiger partial charge in [0.05, 0.1) is 6.61 Å². The van der Waals surface area contributed by atoms with Gasteiger partial charge >= 0.3 is 0 Å². The number of carbonyl (C=O) groups is 1. The van der Waals surface area contributed by atoms with E-state index < -0.39 is 0 Å². The molecule has 17 heavy (non-hydrogen) atoms. The molecule has 1 aromatic heterocycles. The average Bonchev–Trinajstić information content (AvgIpc) is 2.76. The minimum Gasteiger partial charge on any atom is -0.395 e. The summed E-state index contributed by atoms with van der Waals surface area (Å²) in [5.74, 6) is -0.113. The molecule has 1 amide bonds. The van der Waals surface area contributed by atoms with Gasteiger partial charge in [-0.25, -0.2) is 0 Å². The molecule has 8 heteroatoms. The van der Waals surface area contributed by atoms with Gasteiger partial charge in [0.15, 0.2) is 0 Å². The van der Waals surface area contributed by atoms with Gasteiger partial charge in [-0.2, -0.15) is 0 Å². The molecule has 0 aromatic carbocycles. The van der Waals surface area contributed by atoms with Crippen LogP contribution in [-0.4, -0.2) is 70.3 Å². The van der Waals surface area contributed by atoms with E-state index >= 15 is 0 Å². The van der Waals surface area contributed by atoms with Gasteiger partial charge < -0.3 is 10.0 Å². The Kier molecular flexibility index (Phi) is 4.27. The van der Waals surface area contributed by atoms with Gasteiger partial charge in [-0.1, -0.05) is 11.3 Å². The summed E-state index contributed by atoms with van der Waals surface area (Å²) in [4.78, 5) is 15.8. The first-order valence-corrected chi connectivity index (χ1v) is 6.51. The van der Waals surface area contributed by atoms with E-state index in [0.717, 1.165) is 24.4 Å². The van der Waals surface area contributed by atoms with Crippen molar-refractivity contribution in [1.29, 1.82) is 0 Å². The lowest BCUT2D eigenvalue weighted by atomic mass is 10.3. The van der Waals surface area contributed by atoms with Crippen molar-refractivity contribution in [1.82, 2.24) is 20.0 Å². The van der Waals surface area contributed by atoms with Crippen LogP contribution in [0.5, 0.6) is 0 Å². The molecule has 1 fully saturated rings. The topological polar surface area (TPSA) is 69.6 Å². The van der Waals surface area contributed by atoms with Gasteiger partial charge in [-0.3, -0.25) is 9.69 Å². The highest BCUT2D eigenvalue weighted by Crippen LogP contribution is 2.17. The fraction of sp³-hybridized carbons (Fsp3) is 0.667. The quantitative estimate of drug-likeness (QED) is 0.838. The smallest absolute Gasteiger partial charge is 0.284 e. The van der Waals surface area contributed by atoms with Crippen molar-refractivity contribution < 1.29 is 9.90 Å². The fourth-order valence-electron chi connectivity index (χ4n) is 1.74. The summed E-state index contributed by atoms with van der Waals surface area (Å²) in [6.45, 7) is 3.66. The molecule has 0 unspecified atom stereocenters. The lowest BCUT2D eigenvalue weighted by Gasteiger charge is -2.33. The molecule has 0 radical (unpaired) electrons. The van der Waals surface area contributed by atoms with E-state index in [9.17, 15) is 4.79 Å². The number of aliphatic hydroxyl groups excluding tert-OH is 1. The van der Waals surface area contributed by atoms with Gasteiger partial charge in [-0.15, -0.1) is 10.2 Å². The summed E-state index contributed by atoms with van der Waals surface area (Å²) in [5, 5.41) is 16.5. The molecular weight excluding hydrogens is 264 g/mol. The standard InChI is InChI=1S/C9H13ClN4O2S/c10-9-12-11-7(17-9)8(16)14-3-1-13(2-4-14)5-6-15/h15H,1-6H2. The Morgan fingerprint density at radius 1 is 1.35 bits per heavy atom. The monoisotopic (exact) mass is 276 g/mol. The summed E-state index contributed by atoms with van der Waals surface area (Å²) < 4.78 is 0.285. The molecule has 1 N–H and O–H groups in total. The number of amides is 1. The fourth-order valence-corrected chi connectivity index (χ4v) is 2.54. The molecule has 2 rings (SSSR count). The van der Waals surface area contributed by atoms with Crippen LogP contribution in [0, 0.1) is 0 Å². The van der Waals surface area contributed by atoms with Crippen molar-refractivity contribution in [3.8, 4) is 0 Å². The Morgan fingerprint density at radius 2 is 2.06 bits per heavy atom. The Morgan fingerprint density at radius 3 is 2.59 bits per heavy atom. The van der Waals surface area contributed by atoms with Crippen LogP contribution in [-0.2, 0) is 0 Å². The van der Waals surface area contributed by atoms with E-state index in [0.29, 0.717) is 24.6 Å². The van der Waals surface area contributed by atoms with Crippen LogP contribution in [0.15, 0.2) is 0 Å². The van der Waals surface area contributed by atoms with Crippen LogP contribution in [0.1, 0.15) is 9.80 Å². The second kappa shape index (κ2) is 5.72. The lowest BCUT2D eigenvalue weighted by molar-refractivity contribution is 0.0614. The molecular formula is C9H13ClN4O2S. The average molecular weight is 277 g/mol. The summed E-state index contributed by atoms with van der Waals surface area (Å²) in [5.41, 5.74) is 0. The van der Waals surface area contributed by atoms with Gasteiger partial charge in [0.25, 0.3) is 5.91 Å². The second-order valence-electron chi connectivity index (χ2n) is 3.72. The largest absolute Gasteiger partial charge is 0.395 e. The van der Waals surface area contributed by atoms with Gasteiger partial charge in [0, 0.05) is 32.7 Å². The number of carbonyl (C=O) groups excluding carboxylic acids is 1. The predicted molar refractivity (Wildman–Crippen MR) is 64.3 cm³/mol. The number of halogens is 1. The van der Waals surface area contributed by atoms with E-state index in [1.807, 2.05) is 0 Å². The van der Waals surface area contributed by atoms with Crippen LogP contribution in [0.3, 0.4) is 0 Å². The number of piperazine rings is 1. The number of nitrogens with zero attached hydrogens (tertiary/aromatic N) is 4. The molecule has 0 spiro atoms. The molecule has 0 bridgehead atoms. The van der Waals surface area contributed by atoms with Crippen molar-refractivity contribution in [3.63, 3.8) is 0 Å². The number of β-amino-alcohol motifs (C(OH)–C–C–N with tert-alkyl or cyclic N) is 1. The van der Waals surface area contributed by atoms with E-state index in [2.05, 4.69) is 15.1 Å². The van der Waals surface area contributed by atoms with Crippen LogP contribution in [0.25, 0.3) is 0 Å². The summed E-state index contributed by atoms with van der Waals surface area (Å²) in [7, 11) is 0. The first-order valence-electron chi connectivity index (χ1n) is 5.32. The number of aromatic nitrogens is 2. The number of rotatable bonds is 3. The first-order chi connectivity index (χ1) is 8.20. The zero-order valence-electron chi connectivity index (χ0n) is 9.17. The highest BCUT2D eigenvalue weighted by Gasteiger charge is 2.24.